The van der Waals surface area contributed by atoms with Gasteiger partial charge in [0.05, 0.1) is 16.4 Å². The van der Waals surface area contributed by atoms with Crippen molar-refractivity contribution >= 4 is 11.6 Å². The molecule has 4 heteroatoms. The van der Waals surface area contributed by atoms with Gasteiger partial charge in [0.15, 0.2) is 0 Å². The molecule has 0 aliphatic rings. The zero-order chi connectivity index (χ0) is 11.4. The van der Waals surface area contributed by atoms with E-state index in [4.69, 9.17) is 11.6 Å². The van der Waals surface area contributed by atoms with Gasteiger partial charge in [0.25, 0.3) is 0 Å². The predicted octanol–water partition coefficient (Wildman–Crippen LogP) is 2.53. The SMILES string of the molecule is C=C(C)CNCc1c(Cl)c(C)nn1CC. The Morgan fingerprint density at radius 3 is 2.80 bits per heavy atom. The molecule has 15 heavy (non-hydrogen) atoms. The monoisotopic (exact) mass is 227 g/mol. The molecule has 1 N–H and O–H groups in total. The molecule has 0 aromatic carbocycles. The summed E-state index contributed by atoms with van der Waals surface area (Å²) in [5.74, 6) is 0. The van der Waals surface area contributed by atoms with E-state index in [-0.39, 0.29) is 0 Å². The van der Waals surface area contributed by atoms with Gasteiger partial charge in [0, 0.05) is 19.6 Å². The fourth-order valence-corrected chi connectivity index (χ4v) is 1.63. The first kappa shape index (κ1) is 12.3. The lowest BCUT2D eigenvalue weighted by Gasteiger charge is -2.07. The molecule has 0 unspecified atom stereocenters. The first-order chi connectivity index (χ1) is 7.06. The lowest BCUT2D eigenvalue weighted by molar-refractivity contribution is 0.590. The second kappa shape index (κ2) is 5.33. The molecule has 3 nitrogen and oxygen atoms in total. The Morgan fingerprint density at radius 1 is 1.60 bits per heavy atom. The summed E-state index contributed by atoms with van der Waals surface area (Å²) >= 11 is 6.16. The lowest BCUT2D eigenvalue weighted by atomic mass is 10.3. The van der Waals surface area contributed by atoms with Crippen molar-refractivity contribution in [1.29, 1.82) is 0 Å². The summed E-state index contributed by atoms with van der Waals surface area (Å²) < 4.78 is 1.93. The topological polar surface area (TPSA) is 29.9 Å². The molecule has 1 rings (SSSR count). The van der Waals surface area contributed by atoms with Gasteiger partial charge >= 0.3 is 0 Å². The number of hydrogen-bond acceptors (Lipinski definition) is 2. The molecule has 84 valence electrons. The van der Waals surface area contributed by atoms with Crippen molar-refractivity contribution in [3.8, 4) is 0 Å². The first-order valence-corrected chi connectivity index (χ1v) is 5.51. The minimum absolute atomic E-state index is 0.736. The zero-order valence-corrected chi connectivity index (χ0v) is 10.4. The maximum absolute atomic E-state index is 6.16. The van der Waals surface area contributed by atoms with Crippen LogP contribution in [-0.4, -0.2) is 16.3 Å². The number of hydrogen-bond donors (Lipinski definition) is 1. The quantitative estimate of drug-likeness (QED) is 0.784. The van der Waals surface area contributed by atoms with Crippen molar-refractivity contribution in [2.24, 2.45) is 0 Å². The van der Waals surface area contributed by atoms with Crippen molar-refractivity contribution in [1.82, 2.24) is 15.1 Å². The maximum Gasteiger partial charge on any atom is 0.0860 e. The van der Waals surface area contributed by atoms with Gasteiger partial charge in [-0.1, -0.05) is 23.8 Å². The fourth-order valence-electron chi connectivity index (χ4n) is 1.43. The van der Waals surface area contributed by atoms with E-state index in [1.807, 2.05) is 18.5 Å². The number of aromatic nitrogens is 2. The highest BCUT2D eigenvalue weighted by atomic mass is 35.5. The van der Waals surface area contributed by atoms with Crippen LogP contribution in [0.15, 0.2) is 12.2 Å². The summed E-state index contributed by atoms with van der Waals surface area (Å²) in [5.41, 5.74) is 3.06. The molecule has 0 amide bonds. The Labute approximate surface area is 96.1 Å². The molecule has 0 bridgehead atoms. The number of rotatable bonds is 5. The summed E-state index contributed by atoms with van der Waals surface area (Å²) in [4.78, 5) is 0. The van der Waals surface area contributed by atoms with Crippen LogP contribution in [0, 0.1) is 6.92 Å². The molecule has 0 spiro atoms. The van der Waals surface area contributed by atoms with E-state index in [0.29, 0.717) is 0 Å². The summed E-state index contributed by atoms with van der Waals surface area (Å²) in [6.07, 6.45) is 0. The molecular formula is C11H18ClN3. The zero-order valence-electron chi connectivity index (χ0n) is 9.60. The van der Waals surface area contributed by atoms with Crippen LogP contribution in [0.4, 0.5) is 0 Å². The van der Waals surface area contributed by atoms with E-state index < -0.39 is 0 Å². The van der Waals surface area contributed by atoms with Crippen LogP contribution in [-0.2, 0) is 13.1 Å². The second-order valence-electron chi connectivity index (χ2n) is 3.72. The minimum Gasteiger partial charge on any atom is -0.307 e. The molecule has 1 aromatic rings. The van der Waals surface area contributed by atoms with Crippen molar-refractivity contribution in [2.75, 3.05) is 6.54 Å². The summed E-state index contributed by atoms with van der Waals surface area (Å²) in [6.45, 7) is 12.2. The van der Waals surface area contributed by atoms with Crippen LogP contribution in [0.5, 0.6) is 0 Å². The largest absolute Gasteiger partial charge is 0.307 e. The van der Waals surface area contributed by atoms with Crippen molar-refractivity contribution in [3.63, 3.8) is 0 Å². The third kappa shape index (κ3) is 3.08. The van der Waals surface area contributed by atoms with Gasteiger partial charge in [0.2, 0.25) is 0 Å². The highest BCUT2D eigenvalue weighted by Gasteiger charge is 2.11. The smallest absolute Gasteiger partial charge is 0.0860 e. The summed E-state index contributed by atoms with van der Waals surface area (Å²) in [5, 5.41) is 8.40. The number of nitrogens with zero attached hydrogens (tertiary/aromatic N) is 2. The highest BCUT2D eigenvalue weighted by molar-refractivity contribution is 6.31. The molecule has 1 aromatic heterocycles. The van der Waals surface area contributed by atoms with Gasteiger partial charge in [0.1, 0.15) is 0 Å². The molecule has 0 fully saturated rings. The van der Waals surface area contributed by atoms with Crippen LogP contribution in [0.1, 0.15) is 25.2 Å². The Bertz CT molecular complexity index is 355. The van der Waals surface area contributed by atoms with Crippen molar-refractivity contribution in [3.05, 3.63) is 28.6 Å². The molecule has 0 saturated heterocycles. The minimum atomic E-state index is 0.736. The van der Waals surface area contributed by atoms with Gasteiger partial charge in [-0.05, 0) is 20.8 Å². The molecule has 0 atom stereocenters. The highest BCUT2D eigenvalue weighted by Crippen LogP contribution is 2.19. The Balaban J connectivity index is 2.70. The van der Waals surface area contributed by atoms with Gasteiger partial charge < -0.3 is 5.32 Å². The third-order valence-electron chi connectivity index (χ3n) is 2.17. The third-order valence-corrected chi connectivity index (χ3v) is 2.66. The Kier molecular flexibility index (Phi) is 4.36. The van der Waals surface area contributed by atoms with Gasteiger partial charge in [-0.25, -0.2) is 0 Å². The maximum atomic E-state index is 6.16. The Morgan fingerprint density at radius 2 is 2.27 bits per heavy atom. The van der Waals surface area contributed by atoms with Crippen LogP contribution in [0.3, 0.4) is 0 Å². The van der Waals surface area contributed by atoms with Crippen molar-refractivity contribution in [2.45, 2.75) is 33.9 Å². The summed E-state index contributed by atoms with van der Waals surface area (Å²) in [7, 11) is 0. The van der Waals surface area contributed by atoms with Crippen molar-refractivity contribution < 1.29 is 0 Å². The molecule has 0 saturated carbocycles. The average molecular weight is 228 g/mol. The van der Waals surface area contributed by atoms with E-state index >= 15 is 0 Å². The van der Waals surface area contributed by atoms with Crippen LogP contribution in [0.2, 0.25) is 5.02 Å². The predicted molar refractivity (Wildman–Crippen MR) is 64.2 cm³/mol. The van der Waals surface area contributed by atoms with E-state index in [9.17, 15) is 0 Å². The number of halogens is 1. The average Bonchev–Trinajstić information content (AvgIpc) is 2.44. The van der Waals surface area contributed by atoms with Gasteiger partial charge in [-0.3, -0.25) is 4.68 Å². The van der Waals surface area contributed by atoms with Gasteiger partial charge in [-0.15, -0.1) is 0 Å². The number of nitrogens with one attached hydrogen (secondary N) is 1. The standard InChI is InChI=1S/C11H18ClN3/c1-5-15-10(7-13-6-8(2)3)11(12)9(4)14-15/h13H,2,5-7H2,1,3-4H3. The molecular weight excluding hydrogens is 210 g/mol. The van der Waals surface area contributed by atoms with Gasteiger partial charge in [-0.2, -0.15) is 5.10 Å². The summed E-state index contributed by atoms with van der Waals surface area (Å²) in [6, 6.07) is 0. The van der Waals surface area contributed by atoms with E-state index in [2.05, 4.69) is 23.9 Å². The van der Waals surface area contributed by atoms with Crippen LogP contribution in [0.25, 0.3) is 0 Å². The lowest BCUT2D eigenvalue weighted by Crippen LogP contribution is -2.18. The Hall–Kier alpha value is -0.800. The first-order valence-electron chi connectivity index (χ1n) is 5.13. The molecule has 0 aliphatic heterocycles. The fraction of sp³-hybridized carbons (Fsp3) is 0.545. The van der Waals surface area contributed by atoms with Crippen LogP contribution < -0.4 is 5.32 Å². The van der Waals surface area contributed by atoms with Crippen LogP contribution >= 0.6 is 11.6 Å². The molecule has 0 radical (unpaired) electrons. The normalized spacial score (nSPS) is 10.7. The van der Waals surface area contributed by atoms with E-state index in [0.717, 1.165) is 41.6 Å². The van der Waals surface area contributed by atoms with E-state index in [1.165, 1.54) is 0 Å². The molecule has 1 heterocycles. The molecule has 0 aliphatic carbocycles. The van der Waals surface area contributed by atoms with E-state index in [1.54, 1.807) is 0 Å². The number of aryl methyl sites for hydroxylation is 2. The second-order valence-corrected chi connectivity index (χ2v) is 4.10.